The van der Waals surface area contributed by atoms with Gasteiger partial charge in [-0.25, -0.2) is 13.8 Å². The standard InChI is InChI=1S/C8H3F2IN2O/c9-8(10)7-5(11)1-4(2-12)13-6(7)3-14/h1,3,8H. The highest BCUT2D eigenvalue weighted by Crippen LogP contribution is 2.26. The van der Waals surface area contributed by atoms with E-state index in [1.807, 2.05) is 0 Å². The Kier molecular flexibility index (Phi) is 3.46. The lowest BCUT2D eigenvalue weighted by molar-refractivity contribution is 0.110. The molecule has 1 heterocycles. The molecule has 0 aliphatic rings. The second kappa shape index (κ2) is 4.41. The molecule has 0 aromatic carbocycles. The number of hydrogen-bond donors (Lipinski definition) is 0. The van der Waals surface area contributed by atoms with Crippen molar-refractivity contribution in [3.63, 3.8) is 0 Å². The Morgan fingerprint density at radius 3 is 2.71 bits per heavy atom. The van der Waals surface area contributed by atoms with Crippen molar-refractivity contribution in [2.24, 2.45) is 0 Å². The number of aromatic nitrogens is 1. The lowest BCUT2D eigenvalue weighted by Gasteiger charge is -2.05. The van der Waals surface area contributed by atoms with Crippen LogP contribution >= 0.6 is 22.6 Å². The van der Waals surface area contributed by atoms with Crippen LogP contribution in [0.3, 0.4) is 0 Å². The average molecular weight is 308 g/mol. The third-order valence-electron chi connectivity index (χ3n) is 1.48. The summed E-state index contributed by atoms with van der Waals surface area (Å²) in [5.74, 6) is 0. The monoisotopic (exact) mass is 308 g/mol. The summed E-state index contributed by atoms with van der Waals surface area (Å²) < 4.78 is 25.0. The summed E-state index contributed by atoms with van der Waals surface area (Å²) in [5.41, 5.74) is -0.830. The van der Waals surface area contributed by atoms with Crippen molar-refractivity contribution in [1.82, 2.24) is 4.98 Å². The smallest absolute Gasteiger partial charge is 0.267 e. The van der Waals surface area contributed by atoms with Crippen molar-refractivity contribution in [2.45, 2.75) is 6.43 Å². The minimum Gasteiger partial charge on any atom is -0.296 e. The van der Waals surface area contributed by atoms with Crippen LogP contribution in [0, 0.1) is 14.9 Å². The fraction of sp³-hybridized carbons (Fsp3) is 0.125. The van der Waals surface area contributed by atoms with Crippen LogP contribution in [0.2, 0.25) is 0 Å². The summed E-state index contributed by atoms with van der Waals surface area (Å²) in [6, 6.07) is 2.91. The van der Waals surface area contributed by atoms with Gasteiger partial charge in [0.25, 0.3) is 6.43 Å². The molecule has 0 spiro atoms. The molecule has 0 aliphatic carbocycles. The SMILES string of the molecule is N#Cc1cc(I)c(C(F)F)c(C=O)n1. The van der Waals surface area contributed by atoms with Crippen molar-refractivity contribution in [2.75, 3.05) is 0 Å². The maximum Gasteiger partial charge on any atom is 0.267 e. The third kappa shape index (κ3) is 2.04. The topological polar surface area (TPSA) is 53.8 Å². The van der Waals surface area contributed by atoms with E-state index >= 15 is 0 Å². The van der Waals surface area contributed by atoms with Gasteiger partial charge >= 0.3 is 0 Å². The zero-order valence-corrected chi connectivity index (χ0v) is 8.83. The molecule has 0 fully saturated rings. The van der Waals surface area contributed by atoms with Crippen LogP contribution in [0.4, 0.5) is 8.78 Å². The number of nitriles is 1. The first-order valence-corrected chi connectivity index (χ1v) is 4.52. The highest BCUT2D eigenvalue weighted by molar-refractivity contribution is 14.1. The summed E-state index contributed by atoms with van der Waals surface area (Å²) >= 11 is 1.64. The van der Waals surface area contributed by atoms with Gasteiger partial charge in [0.15, 0.2) is 6.29 Å². The van der Waals surface area contributed by atoms with E-state index in [-0.39, 0.29) is 21.2 Å². The number of nitrogens with zero attached hydrogens (tertiary/aromatic N) is 2. The van der Waals surface area contributed by atoms with Gasteiger partial charge in [-0.2, -0.15) is 5.26 Å². The third-order valence-corrected chi connectivity index (χ3v) is 2.37. The van der Waals surface area contributed by atoms with E-state index in [0.717, 1.165) is 0 Å². The molecule has 1 rings (SSSR count). The van der Waals surface area contributed by atoms with Crippen LogP contribution < -0.4 is 0 Å². The molecule has 0 amide bonds. The van der Waals surface area contributed by atoms with Crippen LogP contribution in [0.15, 0.2) is 6.07 Å². The first kappa shape index (κ1) is 11.0. The number of rotatable bonds is 2. The van der Waals surface area contributed by atoms with Gasteiger partial charge in [-0.05, 0) is 28.7 Å². The zero-order chi connectivity index (χ0) is 10.7. The van der Waals surface area contributed by atoms with Gasteiger partial charge in [0.2, 0.25) is 0 Å². The number of hydrogen-bond acceptors (Lipinski definition) is 3. The van der Waals surface area contributed by atoms with Gasteiger partial charge in [0, 0.05) is 3.57 Å². The normalized spacial score (nSPS) is 9.93. The molecule has 0 saturated heterocycles. The van der Waals surface area contributed by atoms with Gasteiger partial charge in [-0.3, -0.25) is 4.79 Å². The van der Waals surface area contributed by atoms with Gasteiger partial charge in [0.1, 0.15) is 17.5 Å². The maximum atomic E-state index is 12.4. The van der Waals surface area contributed by atoms with Crippen LogP contribution in [-0.2, 0) is 0 Å². The minimum atomic E-state index is -2.76. The number of pyridine rings is 1. The Morgan fingerprint density at radius 1 is 1.64 bits per heavy atom. The molecule has 0 aliphatic heterocycles. The highest BCUT2D eigenvalue weighted by Gasteiger charge is 2.18. The number of alkyl halides is 2. The minimum absolute atomic E-state index is 0.0408. The molecule has 0 radical (unpaired) electrons. The highest BCUT2D eigenvalue weighted by atomic mass is 127. The lowest BCUT2D eigenvalue weighted by atomic mass is 10.2. The fourth-order valence-corrected chi connectivity index (χ4v) is 1.71. The molecule has 72 valence electrons. The Balaban J connectivity index is 3.44. The molecule has 1 aromatic rings. The summed E-state index contributed by atoms with van der Waals surface area (Å²) in [5, 5.41) is 8.49. The van der Waals surface area contributed by atoms with E-state index in [9.17, 15) is 13.6 Å². The predicted octanol–water partition coefficient (Wildman–Crippen LogP) is 2.31. The average Bonchev–Trinajstić information content (AvgIpc) is 2.15. The van der Waals surface area contributed by atoms with Crippen molar-refractivity contribution < 1.29 is 13.6 Å². The molecule has 14 heavy (non-hydrogen) atoms. The second-order valence-corrected chi connectivity index (χ2v) is 3.48. The summed E-state index contributed by atoms with van der Waals surface area (Å²) in [6.07, 6.45) is -2.54. The fourth-order valence-electron chi connectivity index (χ4n) is 0.906. The first-order chi connectivity index (χ1) is 6.60. The molecule has 0 atom stereocenters. The van der Waals surface area contributed by atoms with E-state index < -0.39 is 12.0 Å². The number of carbonyl (C=O) groups excluding carboxylic acids is 1. The second-order valence-electron chi connectivity index (χ2n) is 2.32. The molecular formula is C8H3F2IN2O. The predicted molar refractivity (Wildman–Crippen MR) is 52.0 cm³/mol. The first-order valence-electron chi connectivity index (χ1n) is 3.44. The largest absolute Gasteiger partial charge is 0.296 e. The van der Waals surface area contributed by atoms with E-state index in [1.165, 1.54) is 6.07 Å². The van der Waals surface area contributed by atoms with Crippen LogP contribution in [0.25, 0.3) is 0 Å². The summed E-state index contributed by atoms with van der Waals surface area (Å²) in [6.45, 7) is 0. The molecular weight excluding hydrogens is 305 g/mol. The van der Waals surface area contributed by atoms with Crippen LogP contribution in [0.1, 0.15) is 28.2 Å². The summed E-state index contributed by atoms with van der Waals surface area (Å²) in [4.78, 5) is 13.9. The van der Waals surface area contributed by atoms with Crippen molar-refractivity contribution in [1.29, 1.82) is 5.26 Å². The van der Waals surface area contributed by atoms with Crippen LogP contribution in [-0.4, -0.2) is 11.3 Å². The number of halogens is 3. The Morgan fingerprint density at radius 2 is 2.29 bits per heavy atom. The molecule has 0 saturated carbocycles. The molecule has 0 N–H and O–H groups in total. The maximum absolute atomic E-state index is 12.4. The van der Waals surface area contributed by atoms with E-state index in [4.69, 9.17) is 5.26 Å². The molecule has 0 unspecified atom stereocenters. The van der Waals surface area contributed by atoms with Crippen LogP contribution in [0.5, 0.6) is 0 Å². The van der Waals surface area contributed by atoms with Gasteiger partial charge in [-0.1, -0.05) is 0 Å². The molecule has 1 aromatic heterocycles. The van der Waals surface area contributed by atoms with E-state index in [2.05, 4.69) is 4.98 Å². The lowest BCUT2D eigenvalue weighted by Crippen LogP contribution is -2.02. The van der Waals surface area contributed by atoms with Gasteiger partial charge in [0.05, 0.1) is 5.56 Å². The quantitative estimate of drug-likeness (QED) is 0.622. The van der Waals surface area contributed by atoms with Gasteiger partial charge in [-0.15, -0.1) is 0 Å². The molecule has 6 heteroatoms. The molecule has 3 nitrogen and oxygen atoms in total. The van der Waals surface area contributed by atoms with Crippen molar-refractivity contribution >= 4 is 28.9 Å². The molecule has 0 bridgehead atoms. The van der Waals surface area contributed by atoms with E-state index in [0.29, 0.717) is 0 Å². The summed E-state index contributed by atoms with van der Waals surface area (Å²) in [7, 11) is 0. The number of aldehydes is 1. The Labute approximate surface area is 91.9 Å². The van der Waals surface area contributed by atoms with E-state index in [1.54, 1.807) is 28.7 Å². The Hall–Kier alpha value is -1.10. The Bertz CT molecular complexity index is 415. The zero-order valence-electron chi connectivity index (χ0n) is 6.67. The van der Waals surface area contributed by atoms with Gasteiger partial charge < -0.3 is 0 Å². The van der Waals surface area contributed by atoms with Crippen molar-refractivity contribution in [3.05, 3.63) is 26.6 Å². The number of carbonyl (C=O) groups is 1. The van der Waals surface area contributed by atoms with Crippen molar-refractivity contribution in [3.8, 4) is 6.07 Å².